The molecule has 1 saturated carbocycles. The fourth-order valence-electron chi connectivity index (χ4n) is 2.19. The van der Waals surface area contributed by atoms with Gasteiger partial charge < -0.3 is 4.74 Å². The molecule has 10 heavy (non-hydrogen) atoms. The first-order valence-electron chi connectivity index (χ1n) is 4.45. The van der Waals surface area contributed by atoms with Crippen LogP contribution in [0.5, 0.6) is 0 Å². The van der Waals surface area contributed by atoms with Gasteiger partial charge in [-0.25, -0.2) is 0 Å². The Balaban J connectivity index is 1.96. The minimum absolute atomic E-state index is 0.373. The van der Waals surface area contributed by atoms with Crippen LogP contribution in [0.3, 0.4) is 0 Å². The van der Waals surface area contributed by atoms with Gasteiger partial charge in [-0.3, -0.25) is 0 Å². The van der Waals surface area contributed by atoms with Crippen LogP contribution < -0.4 is 0 Å². The van der Waals surface area contributed by atoms with Gasteiger partial charge in [0.2, 0.25) is 0 Å². The van der Waals surface area contributed by atoms with Gasteiger partial charge in [-0.1, -0.05) is 6.92 Å². The van der Waals surface area contributed by atoms with Gasteiger partial charge in [0.25, 0.3) is 0 Å². The van der Waals surface area contributed by atoms with E-state index in [2.05, 4.69) is 6.92 Å². The summed E-state index contributed by atoms with van der Waals surface area (Å²) in [5, 5.41) is 0. The van der Waals surface area contributed by atoms with Crippen molar-refractivity contribution in [3.63, 3.8) is 0 Å². The fourth-order valence-corrected chi connectivity index (χ4v) is 2.19. The minimum atomic E-state index is 0.373. The molecule has 1 heterocycles. The molecule has 1 aliphatic carbocycles. The summed E-state index contributed by atoms with van der Waals surface area (Å²) in [6, 6.07) is 0. The lowest BCUT2D eigenvalue weighted by Gasteiger charge is -2.46. The maximum Gasteiger partial charge on any atom is 0.0685 e. The molecule has 1 atom stereocenters. The third-order valence-corrected chi connectivity index (χ3v) is 3.00. The molecule has 1 spiro atoms. The lowest BCUT2D eigenvalue weighted by atomic mass is 9.72. The molecule has 1 nitrogen and oxygen atoms in total. The maximum absolute atomic E-state index is 5.77. The first-order valence-corrected chi connectivity index (χ1v) is 4.45. The summed E-state index contributed by atoms with van der Waals surface area (Å²) in [5.74, 6) is 0.911. The van der Waals surface area contributed by atoms with E-state index in [-0.39, 0.29) is 0 Å². The molecule has 0 aromatic rings. The van der Waals surface area contributed by atoms with Gasteiger partial charge in [-0.05, 0) is 38.0 Å². The van der Waals surface area contributed by atoms with E-state index in [4.69, 9.17) is 4.74 Å². The molecule has 0 N–H and O–H groups in total. The number of hydrogen-bond acceptors (Lipinski definition) is 1. The van der Waals surface area contributed by atoms with Gasteiger partial charge in [0, 0.05) is 6.61 Å². The SMILES string of the molecule is C[C@@H]1CCOC2(CCC2)C1. The average Bonchev–Trinajstić information content (AvgIpc) is 1.85. The highest BCUT2D eigenvalue weighted by molar-refractivity contribution is 4.92. The number of ether oxygens (including phenoxy) is 1. The van der Waals surface area contributed by atoms with Crippen LogP contribution in [0.25, 0.3) is 0 Å². The Morgan fingerprint density at radius 1 is 1.40 bits per heavy atom. The van der Waals surface area contributed by atoms with Crippen molar-refractivity contribution in [2.24, 2.45) is 5.92 Å². The third kappa shape index (κ3) is 0.968. The van der Waals surface area contributed by atoms with Crippen LogP contribution in [0.1, 0.15) is 39.0 Å². The Kier molecular flexibility index (Phi) is 1.48. The second-order valence-corrected chi connectivity index (χ2v) is 3.98. The van der Waals surface area contributed by atoms with E-state index in [1.165, 1.54) is 32.1 Å². The summed E-state index contributed by atoms with van der Waals surface area (Å²) in [4.78, 5) is 0. The van der Waals surface area contributed by atoms with Crippen LogP contribution >= 0.6 is 0 Å². The summed E-state index contributed by atoms with van der Waals surface area (Å²) in [6.07, 6.45) is 6.66. The van der Waals surface area contributed by atoms with Crippen molar-refractivity contribution < 1.29 is 4.74 Å². The maximum atomic E-state index is 5.77. The number of hydrogen-bond donors (Lipinski definition) is 0. The molecule has 2 fully saturated rings. The summed E-state index contributed by atoms with van der Waals surface area (Å²) >= 11 is 0. The van der Waals surface area contributed by atoms with Gasteiger partial charge in [0.15, 0.2) is 0 Å². The van der Waals surface area contributed by atoms with Crippen molar-refractivity contribution in [1.82, 2.24) is 0 Å². The minimum Gasteiger partial charge on any atom is -0.375 e. The second-order valence-electron chi connectivity index (χ2n) is 3.98. The molecule has 0 aromatic carbocycles. The van der Waals surface area contributed by atoms with Crippen LogP contribution in [0.15, 0.2) is 0 Å². The molecular weight excluding hydrogens is 124 g/mol. The van der Waals surface area contributed by atoms with Crippen LogP contribution in [-0.2, 0) is 4.74 Å². The summed E-state index contributed by atoms with van der Waals surface area (Å²) in [6.45, 7) is 3.36. The van der Waals surface area contributed by atoms with Crippen LogP contribution in [0, 0.1) is 5.92 Å². The molecule has 2 rings (SSSR count). The van der Waals surface area contributed by atoms with Gasteiger partial charge in [-0.15, -0.1) is 0 Å². The number of rotatable bonds is 0. The van der Waals surface area contributed by atoms with E-state index in [0.29, 0.717) is 5.60 Å². The van der Waals surface area contributed by atoms with Crippen molar-refractivity contribution in [2.45, 2.75) is 44.6 Å². The summed E-state index contributed by atoms with van der Waals surface area (Å²) < 4.78 is 5.77. The first kappa shape index (κ1) is 6.66. The quantitative estimate of drug-likeness (QED) is 0.502. The second kappa shape index (κ2) is 2.23. The van der Waals surface area contributed by atoms with Gasteiger partial charge in [0.05, 0.1) is 5.60 Å². The molecule has 0 radical (unpaired) electrons. The predicted octanol–water partition coefficient (Wildman–Crippen LogP) is 2.36. The fraction of sp³-hybridized carbons (Fsp3) is 1.00. The summed E-state index contributed by atoms with van der Waals surface area (Å²) in [5.41, 5.74) is 0.373. The van der Waals surface area contributed by atoms with E-state index in [0.717, 1.165) is 12.5 Å². The first-order chi connectivity index (χ1) is 4.81. The zero-order valence-electron chi connectivity index (χ0n) is 6.73. The van der Waals surface area contributed by atoms with Crippen LogP contribution in [-0.4, -0.2) is 12.2 Å². The average molecular weight is 140 g/mol. The van der Waals surface area contributed by atoms with E-state index in [9.17, 15) is 0 Å². The Morgan fingerprint density at radius 2 is 2.20 bits per heavy atom. The zero-order chi connectivity index (χ0) is 7.03. The Bertz CT molecular complexity index is 127. The lowest BCUT2D eigenvalue weighted by molar-refractivity contribution is -0.140. The Hall–Kier alpha value is -0.0400. The molecule has 0 aromatic heterocycles. The molecular formula is C9H16O. The van der Waals surface area contributed by atoms with E-state index >= 15 is 0 Å². The van der Waals surface area contributed by atoms with Crippen LogP contribution in [0.4, 0.5) is 0 Å². The van der Waals surface area contributed by atoms with Gasteiger partial charge in [-0.2, -0.15) is 0 Å². The normalized spacial score (nSPS) is 37.5. The molecule has 2 aliphatic rings. The summed E-state index contributed by atoms with van der Waals surface area (Å²) in [7, 11) is 0. The largest absolute Gasteiger partial charge is 0.375 e. The van der Waals surface area contributed by atoms with Crippen molar-refractivity contribution >= 4 is 0 Å². The Labute approximate surface area is 62.8 Å². The van der Waals surface area contributed by atoms with Crippen LogP contribution in [0.2, 0.25) is 0 Å². The molecule has 1 heteroatoms. The van der Waals surface area contributed by atoms with E-state index in [1.54, 1.807) is 0 Å². The van der Waals surface area contributed by atoms with Gasteiger partial charge in [0.1, 0.15) is 0 Å². The topological polar surface area (TPSA) is 9.23 Å². The highest BCUT2D eigenvalue weighted by Gasteiger charge is 2.41. The highest BCUT2D eigenvalue weighted by atomic mass is 16.5. The standard InChI is InChI=1S/C9H16O/c1-8-3-6-10-9(7-8)4-2-5-9/h8H,2-7H2,1H3/t8-/m1/s1. The highest BCUT2D eigenvalue weighted by Crippen LogP contribution is 2.43. The van der Waals surface area contributed by atoms with Gasteiger partial charge >= 0.3 is 0 Å². The lowest BCUT2D eigenvalue weighted by Crippen LogP contribution is -2.44. The van der Waals surface area contributed by atoms with E-state index in [1.807, 2.05) is 0 Å². The smallest absolute Gasteiger partial charge is 0.0685 e. The predicted molar refractivity (Wildman–Crippen MR) is 40.9 cm³/mol. The van der Waals surface area contributed by atoms with Crippen molar-refractivity contribution in [3.05, 3.63) is 0 Å². The van der Waals surface area contributed by atoms with E-state index < -0.39 is 0 Å². The molecule has 1 aliphatic heterocycles. The molecule has 0 amide bonds. The molecule has 0 bridgehead atoms. The molecule has 58 valence electrons. The van der Waals surface area contributed by atoms with Crippen molar-refractivity contribution in [1.29, 1.82) is 0 Å². The Morgan fingerprint density at radius 3 is 2.60 bits per heavy atom. The monoisotopic (exact) mass is 140 g/mol. The zero-order valence-corrected chi connectivity index (χ0v) is 6.73. The molecule has 0 unspecified atom stereocenters. The van der Waals surface area contributed by atoms with Crippen molar-refractivity contribution in [2.75, 3.05) is 6.61 Å². The van der Waals surface area contributed by atoms with Crippen molar-refractivity contribution in [3.8, 4) is 0 Å². The third-order valence-electron chi connectivity index (χ3n) is 3.00. The molecule has 1 saturated heterocycles.